The van der Waals surface area contributed by atoms with Crippen LogP contribution in [0.3, 0.4) is 0 Å². The monoisotopic (exact) mass is 676 g/mol. The van der Waals surface area contributed by atoms with Crippen molar-refractivity contribution in [3.05, 3.63) is 65.4 Å². The van der Waals surface area contributed by atoms with Crippen molar-refractivity contribution >= 4 is 91.7 Å². The Morgan fingerprint density at radius 2 is 1.47 bits per heavy atom. The predicted molar refractivity (Wildman–Crippen MR) is 138 cm³/mol. The van der Waals surface area contributed by atoms with E-state index in [0.717, 1.165) is 12.2 Å². The van der Waals surface area contributed by atoms with Crippen LogP contribution in [0.25, 0.3) is 0 Å². The Kier molecular flexibility index (Phi) is 12.5. The summed E-state index contributed by atoms with van der Waals surface area (Å²) in [4.78, 5) is 23.5. The molecular weight excluding hydrogens is 657 g/mol. The lowest BCUT2D eigenvalue weighted by molar-refractivity contribution is -0.146. The van der Waals surface area contributed by atoms with Crippen molar-refractivity contribution in [1.82, 2.24) is 0 Å². The van der Waals surface area contributed by atoms with E-state index in [1.54, 1.807) is 32.0 Å². The number of hydrogen-bond donors (Lipinski definition) is 2. The fourth-order valence-corrected chi connectivity index (χ4v) is 2.91. The number of rotatable bonds is 6. The van der Waals surface area contributed by atoms with Crippen molar-refractivity contribution in [1.29, 1.82) is 0 Å². The number of carbonyl (C=O) groups is 2. The molecule has 0 spiro atoms. The summed E-state index contributed by atoms with van der Waals surface area (Å²) in [5.41, 5.74) is 6.59. The molecule has 3 N–H and O–H groups in total. The maximum atomic E-state index is 11.7. The minimum atomic E-state index is -0.736. The second-order valence-corrected chi connectivity index (χ2v) is 8.58. The van der Waals surface area contributed by atoms with Crippen LogP contribution in [-0.4, -0.2) is 25.2 Å². The lowest BCUT2D eigenvalue weighted by Crippen LogP contribution is -2.19. The highest BCUT2D eigenvalue weighted by Gasteiger charge is 2.20. The number of nitrogens with one attached hydrogen (secondary N) is 1. The molecule has 10 heteroatoms. The van der Waals surface area contributed by atoms with Gasteiger partial charge < -0.3 is 20.5 Å². The molecular formula is C20H20Cl2I2N2O4. The van der Waals surface area contributed by atoms with Crippen LogP contribution >= 0.6 is 68.4 Å². The van der Waals surface area contributed by atoms with E-state index in [1.165, 1.54) is 6.20 Å². The van der Waals surface area contributed by atoms with E-state index in [4.69, 9.17) is 38.4 Å². The Labute approximate surface area is 212 Å². The second kappa shape index (κ2) is 13.9. The summed E-state index contributed by atoms with van der Waals surface area (Å²) in [6.07, 6.45) is 1.26. The first kappa shape index (κ1) is 26.8. The molecule has 0 fully saturated rings. The minimum Gasteiger partial charge on any atom is -0.462 e. The van der Waals surface area contributed by atoms with Crippen LogP contribution in [0.1, 0.15) is 13.8 Å². The molecule has 0 aliphatic rings. The van der Waals surface area contributed by atoms with Gasteiger partial charge in [0.25, 0.3) is 0 Å². The summed E-state index contributed by atoms with van der Waals surface area (Å²) in [5.74, 6) is -1.47. The molecule has 0 atom stereocenters. The fourth-order valence-electron chi connectivity index (χ4n) is 1.87. The molecule has 30 heavy (non-hydrogen) atoms. The molecule has 162 valence electrons. The van der Waals surface area contributed by atoms with Gasteiger partial charge in [-0.1, -0.05) is 23.2 Å². The maximum Gasteiger partial charge on any atom is 0.347 e. The van der Waals surface area contributed by atoms with E-state index in [2.05, 4.69) is 50.5 Å². The summed E-state index contributed by atoms with van der Waals surface area (Å²) in [5, 5.41) is 4.13. The molecule has 0 aliphatic heterocycles. The lowest BCUT2D eigenvalue weighted by Gasteiger charge is -2.08. The van der Waals surface area contributed by atoms with Crippen LogP contribution in [0.2, 0.25) is 10.0 Å². The molecule has 2 aromatic rings. The third-order valence-electron chi connectivity index (χ3n) is 3.24. The summed E-state index contributed by atoms with van der Waals surface area (Å²) < 4.78 is 11.6. The fraction of sp³-hybridized carbons (Fsp3) is 0.200. The van der Waals surface area contributed by atoms with Gasteiger partial charge >= 0.3 is 11.9 Å². The van der Waals surface area contributed by atoms with Crippen molar-refractivity contribution in [3.63, 3.8) is 0 Å². The Bertz CT molecular complexity index is 904. The number of esters is 2. The number of nitrogen functional groups attached to an aromatic ring is 1. The van der Waals surface area contributed by atoms with Gasteiger partial charge in [0.15, 0.2) is 5.57 Å². The van der Waals surface area contributed by atoms with E-state index in [1.807, 2.05) is 18.2 Å². The zero-order valence-electron chi connectivity index (χ0n) is 16.2. The van der Waals surface area contributed by atoms with E-state index < -0.39 is 11.9 Å². The molecule has 6 nitrogen and oxygen atoms in total. The van der Waals surface area contributed by atoms with Crippen LogP contribution in [0.5, 0.6) is 0 Å². The summed E-state index contributed by atoms with van der Waals surface area (Å²) in [6, 6.07) is 10.7. The van der Waals surface area contributed by atoms with Gasteiger partial charge in [0.1, 0.15) is 0 Å². The molecule has 0 saturated heterocycles. The number of benzene rings is 2. The first-order valence-corrected chi connectivity index (χ1v) is 11.6. The topological polar surface area (TPSA) is 90.6 Å². The van der Waals surface area contributed by atoms with Gasteiger partial charge in [-0.25, -0.2) is 9.59 Å². The summed E-state index contributed by atoms with van der Waals surface area (Å²) in [7, 11) is 0. The largest absolute Gasteiger partial charge is 0.462 e. The number of nitrogens with two attached hydrogens (primary N) is 1. The Hall–Kier alpha value is -1.24. The standard InChI is InChI=1S/C14H15ClINO4.C6H5ClIN/c1-3-20-13(18)10(14(19)21-4-2)8-17-9-5-6-12(16)11(15)7-9;7-5-3-4(9)1-2-6(5)8/h5-8,17H,3-4H2,1-2H3;1-3H,9H2. The highest BCUT2D eigenvalue weighted by molar-refractivity contribution is 14.1. The van der Waals surface area contributed by atoms with Gasteiger partial charge in [0.2, 0.25) is 0 Å². The Morgan fingerprint density at radius 1 is 0.967 bits per heavy atom. The second-order valence-electron chi connectivity index (χ2n) is 5.45. The lowest BCUT2D eigenvalue weighted by atomic mass is 10.2. The minimum absolute atomic E-state index is 0.172. The Balaban J connectivity index is 0.000000414. The van der Waals surface area contributed by atoms with E-state index in [-0.39, 0.29) is 18.8 Å². The molecule has 0 aliphatic carbocycles. The number of ether oxygens (including phenoxy) is 2. The Morgan fingerprint density at radius 3 is 1.90 bits per heavy atom. The van der Waals surface area contributed by atoms with E-state index in [9.17, 15) is 9.59 Å². The predicted octanol–water partition coefficient (Wildman–Crippen LogP) is 5.89. The van der Waals surface area contributed by atoms with Gasteiger partial charge in [-0.3, -0.25) is 0 Å². The van der Waals surface area contributed by atoms with Crippen LogP contribution < -0.4 is 11.1 Å². The van der Waals surface area contributed by atoms with Crippen molar-refractivity contribution in [2.45, 2.75) is 13.8 Å². The van der Waals surface area contributed by atoms with Gasteiger partial charge in [0, 0.05) is 24.7 Å². The summed E-state index contributed by atoms with van der Waals surface area (Å²) in [6.45, 7) is 3.66. The molecule has 2 aromatic carbocycles. The van der Waals surface area contributed by atoms with Crippen molar-refractivity contribution < 1.29 is 19.1 Å². The summed E-state index contributed by atoms with van der Waals surface area (Å²) >= 11 is 16.0. The number of anilines is 2. The molecule has 2 rings (SSSR count). The average molecular weight is 677 g/mol. The van der Waals surface area contributed by atoms with Crippen molar-refractivity contribution in [3.8, 4) is 0 Å². The van der Waals surface area contributed by atoms with Crippen LogP contribution in [-0.2, 0) is 19.1 Å². The van der Waals surface area contributed by atoms with Gasteiger partial charge in [-0.05, 0) is 95.4 Å². The quantitative estimate of drug-likeness (QED) is 0.0991. The maximum absolute atomic E-state index is 11.7. The molecule has 0 bridgehead atoms. The number of carbonyl (C=O) groups excluding carboxylic acids is 2. The molecule has 0 saturated carbocycles. The molecule has 0 aromatic heterocycles. The van der Waals surface area contributed by atoms with E-state index >= 15 is 0 Å². The molecule has 0 amide bonds. The van der Waals surface area contributed by atoms with Gasteiger partial charge in [0.05, 0.1) is 23.3 Å². The first-order chi connectivity index (χ1) is 14.2. The number of halogens is 4. The highest BCUT2D eigenvalue weighted by Crippen LogP contribution is 2.22. The zero-order valence-corrected chi connectivity index (χ0v) is 22.0. The van der Waals surface area contributed by atoms with Crippen molar-refractivity contribution in [2.24, 2.45) is 0 Å². The van der Waals surface area contributed by atoms with E-state index in [0.29, 0.717) is 16.4 Å². The van der Waals surface area contributed by atoms with Crippen LogP contribution in [0.15, 0.2) is 48.2 Å². The van der Waals surface area contributed by atoms with Crippen LogP contribution in [0.4, 0.5) is 11.4 Å². The van der Waals surface area contributed by atoms with Gasteiger partial charge in [-0.2, -0.15) is 0 Å². The number of hydrogen-bond acceptors (Lipinski definition) is 6. The SMILES string of the molecule is CCOC(=O)C(=CNc1ccc(I)c(Cl)c1)C(=O)OCC.Nc1ccc(I)c(Cl)c1. The third kappa shape index (κ3) is 9.27. The zero-order chi connectivity index (χ0) is 22.7. The molecule has 0 unspecified atom stereocenters. The smallest absolute Gasteiger partial charge is 0.347 e. The molecule has 0 heterocycles. The average Bonchev–Trinajstić information content (AvgIpc) is 2.69. The third-order valence-corrected chi connectivity index (χ3v) is 6.38. The van der Waals surface area contributed by atoms with Crippen LogP contribution in [0, 0.1) is 7.14 Å². The first-order valence-electron chi connectivity index (χ1n) is 8.66. The van der Waals surface area contributed by atoms with Crippen molar-refractivity contribution in [2.75, 3.05) is 24.3 Å². The van der Waals surface area contributed by atoms with Gasteiger partial charge in [-0.15, -0.1) is 0 Å². The normalized spacial score (nSPS) is 9.67. The molecule has 0 radical (unpaired) electrons. The highest BCUT2D eigenvalue weighted by atomic mass is 127.